The largest absolute Gasteiger partial charge is 0.354 e. The summed E-state index contributed by atoms with van der Waals surface area (Å²) in [5.41, 5.74) is 4.42. The van der Waals surface area contributed by atoms with E-state index >= 15 is 0 Å². The molecular formula is C25H27N3O4S. The minimum Gasteiger partial charge on any atom is -0.354 e. The van der Waals surface area contributed by atoms with Crippen molar-refractivity contribution >= 4 is 39.5 Å². The van der Waals surface area contributed by atoms with Crippen molar-refractivity contribution in [3.05, 3.63) is 70.6 Å². The molecule has 172 valence electrons. The SMILES string of the molecule is CCc1cccc(C)c1NS(=O)(=O)c1ccc(/C=C\c2onc(C)c2NC(=O)C2CC2)cc1. The molecule has 1 saturated carbocycles. The third-order valence-corrected chi connectivity index (χ3v) is 7.05. The zero-order chi connectivity index (χ0) is 23.6. The van der Waals surface area contributed by atoms with Gasteiger partial charge in [0.1, 0.15) is 11.4 Å². The Morgan fingerprint density at radius 1 is 1.09 bits per heavy atom. The van der Waals surface area contributed by atoms with Gasteiger partial charge in [0.05, 0.1) is 10.6 Å². The molecule has 1 heterocycles. The van der Waals surface area contributed by atoms with Gasteiger partial charge in [-0.1, -0.05) is 48.5 Å². The van der Waals surface area contributed by atoms with Gasteiger partial charge in [0.2, 0.25) is 5.91 Å². The van der Waals surface area contributed by atoms with E-state index in [2.05, 4.69) is 15.2 Å². The van der Waals surface area contributed by atoms with Gasteiger partial charge in [-0.3, -0.25) is 9.52 Å². The van der Waals surface area contributed by atoms with Crippen LogP contribution in [0.4, 0.5) is 11.4 Å². The molecule has 0 radical (unpaired) electrons. The van der Waals surface area contributed by atoms with Gasteiger partial charge >= 0.3 is 0 Å². The Morgan fingerprint density at radius 2 is 1.82 bits per heavy atom. The van der Waals surface area contributed by atoms with Crippen LogP contribution in [0.2, 0.25) is 0 Å². The zero-order valence-corrected chi connectivity index (χ0v) is 19.7. The van der Waals surface area contributed by atoms with E-state index in [0.29, 0.717) is 22.8 Å². The molecule has 1 fully saturated rings. The summed E-state index contributed by atoms with van der Waals surface area (Å²) in [7, 11) is -3.72. The molecule has 1 aliphatic rings. The highest BCUT2D eigenvalue weighted by atomic mass is 32.2. The number of rotatable bonds is 8. The molecule has 8 heteroatoms. The number of aryl methyl sites for hydroxylation is 3. The highest BCUT2D eigenvalue weighted by Crippen LogP contribution is 2.32. The first-order chi connectivity index (χ1) is 15.8. The second-order valence-electron chi connectivity index (χ2n) is 8.24. The van der Waals surface area contributed by atoms with Gasteiger partial charge in [-0.15, -0.1) is 0 Å². The highest BCUT2D eigenvalue weighted by Gasteiger charge is 2.30. The van der Waals surface area contributed by atoms with E-state index < -0.39 is 10.0 Å². The number of hydrogen-bond donors (Lipinski definition) is 2. The van der Waals surface area contributed by atoms with Crippen LogP contribution >= 0.6 is 0 Å². The summed E-state index contributed by atoms with van der Waals surface area (Å²) >= 11 is 0. The summed E-state index contributed by atoms with van der Waals surface area (Å²) in [4.78, 5) is 12.3. The predicted molar refractivity (Wildman–Crippen MR) is 129 cm³/mol. The van der Waals surface area contributed by atoms with Crippen molar-refractivity contribution in [3.8, 4) is 0 Å². The summed E-state index contributed by atoms with van der Waals surface area (Å²) in [6.45, 7) is 5.65. The van der Waals surface area contributed by atoms with Crippen LogP contribution in [-0.4, -0.2) is 19.5 Å². The molecule has 0 bridgehead atoms. The maximum atomic E-state index is 12.9. The van der Waals surface area contributed by atoms with Gasteiger partial charge in [-0.25, -0.2) is 8.42 Å². The van der Waals surface area contributed by atoms with Gasteiger partial charge in [-0.2, -0.15) is 0 Å². The molecule has 2 N–H and O–H groups in total. The monoisotopic (exact) mass is 465 g/mol. The van der Waals surface area contributed by atoms with Crippen LogP contribution in [0.1, 0.15) is 47.9 Å². The van der Waals surface area contributed by atoms with Crippen LogP contribution in [0.3, 0.4) is 0 Å². The molecule has 3 aromatic rings. The number of carbonyl (C=O) groups excluding carboxylic acids is 1. The fourth-order valence-corrected chi connectivity index (χ4v) is 4.69. The number of nitrogens with zero attached hydrogens (tertiary/aromatic N) is 1. The zero-order valence-electron chi connectivity index (χ0n) is 18.9. The standard InChI is InChI=1S/C25H27N3O4S/c1-4-19-7-5-6-16(2)23(19)28-33(30,31)21-13-8-18(9-14-21)10-15-22-24(17(3)27-32-22)26-25(29)20-11-12-20/h5-10,13-15,20,28H,4,11-12H2,1-3H3,(H,26,29)/b15-10-. The van der Waals surface area contributed by atoms with Crippen LogP contribution in [0.15, 0.2) is 51.9 Å². The Labute approximate surface area is 193 Å². The van der Waals surface area contributed by atoms with E-state index in [1.165, 1.54) is 0 Å². The molecule has 0 spiro atoms. The molecule has 0 unspecified atom stereocenters. The number of benzene rings is 2. The van der Waals surface area contributed by atoms with E-state index in [9.17, 15) is 13.2 Å². The molecule has 7 nitrogen and oxygen atoms in total. The number of amides is 1. The Hall–Kier alpha value is -3.39. The van der Waals surface area contributed by atoms with Crippen LogP contribution in [0, 0.1) is 19.8 Å². The summed E-state index contributed by atoms with van der Waals surface area (Å²) in [6, 6.07) is 12.3. The van der Waals surface area contributed by atoms with E-state index in [0.717, 1.165) is 36.0 Å². The molecule has 0 aliphatic heterocycles. The van der Waals surface area contributed by atoms with Crippen molar-refractivity contribution in [1.29, 1.82) is 0 Å². The number of hydrogen-bond acceptors (Lipinski definition) is 5. The molecule has 0 atom stereocenters. The predicted octanol–water partition coefficient (Wildman–Crippen LogP) is 5.17. The first-order valence-electron chi connectivity index (χ1n) is 10.9. The molecule has 4 rings (SSSR count). The smallest absolute Gasteiger partial charge is 0.261 e. The van der Waals surface area contributed by atoms with Crippen molar-refractivity contribution in [2.45, 2.75) is 44.9 Å². The van der Waals surface area contributed by atoms with Crippen LogP contribution in [0.25, 0.3) is 12.2 Å². The topological polar surface area (TPSA) is 101 Å². The van der Waals surface area contributed by atoms with Crippen molar-refractivity contribution in [1.82, 2.24) is 5.16 Å². The average Bonchev–Trinajstić information content (AvgIpc) is 3.59. The lowest BCUT2D eigenvalue weighted by Gasteiger charge is -2.14. The third-order valence-electron chi connectivity index (χ3n) is 5.68. The molecule has 2 aromatic carbocycles. The molecule has 0 saturated heterocycles. The fraction of sp³-hybridized carbons (Fsp3) is 0.280. The maximum absolute atomic E-state index is 12.9. The summed E-state index contributed by atoms with van der Waals surface area (Å²) in [5.74, 6) is 0.511. The first-order valence-corrected chi connectivity index (χ1v) is 12.4. The minimum absolute atomic E-state index is 0.0158. The van der Waals surface area contributed by atoms with Crippen LogP contribution in [-0.2, 0) is 21.2 Å². The van der Waals surface area contributed by atoms with Crippen molar-refractivity contribution in [2.24, 2.45) is 5.92 Å². The highest BCUT2D eigenvalue weighted by molar-refractivity contribution is 7.92. The molecule has 33 heavy (non-hydrogen) atoms. The van der Waals surface area contributed by atoms with E-state index in [1.807, 2.05) is 32.0 Å². The van der Waals surface area contributed by atoms with Crippen molar-refractivity contribution in [3.63, 3.8) is 0 Å². The number of anilines is 2. The Morgan fingerprint density at radius 3 is 2.48 bits per heavy atom. The van der Waals surface area contributed by atoms with Gasteiger partial charge in [0, 0.05) is 5.92 Å². The number of nitrogens with one attached hydrogen (secondary N) is 2. The van der Waals surface area contributed by atoms with E-state index in [-0.39, 0.29) is 16.7 Å². The second kappa shape index (κ2) is 9.23. The summed E-state index contributed by atoms with van der Waals surface area (Å²) in [5, 5.41) is 6.83. The van der Waals surface area contributed by atoms with Gasteiger partial charge in [-0.05, 0) is 68.0 Å². The van der Waals surface area contributed by atoms with E-state index in [4.69, 9.17) is 4.52 Å². The van der Waals surface area contributed by atoms with Crippen LogP contribution < -0.4 is 10.0 Å². The average molecular weight is 466 g/mol. The normalized spacial score (nSPS) is 13.9. The Balaban J connectivity index is 1.50. The number of aromatic nitrogens is 1. The lowest BCUT2D eigenvalue weighted by molar-refractivity contribution is -0.117. The Bertz CT molecular complexity index is 1300. The summed E-state index contributed by atoms with van der Waals surface area (Å²) < 4.78 is 33.9. The third kappa shape index (κ3) is 5.17. The van der Waals surface area contributed by atoms with Gasteiger partial charge in [0.15, 0.2) is 5.76 Å². The van der Waals surface area contributed by atoms with E-state index in [1.54, 1.807) is 43.3 Å². The maximum Gasteiger partial charge on any atom is 0.261 e. The Kier molecular flexibility index (Phi) is 6.37. The molecule has 1 aliphatic carbocycles. The number of carbonyl (C=O) groups is 1. The molecular weight excluding hydrogens is 438 g/mol. The lowest BCUT2D eigenvalue weighted by atomic mass is 10.1. The number of sulfonamides is 1. The minimum atomic E-state index is -3.72. The van der Waals surface area contributed by atoms with Crippen LogP contribution in [0.5, 0.6) is 0 Å². The molecule has 1 aromatic heterocycles. The first kappa shape index (κ1) is 22.8. The quantitative estimate of drug-likeness (QED) is 0.478. The van der Waals surface area contributed by atoms with Crippen molar-refractivity contribution in [2.75, 3.05) is 10.0 Å². The molecule has 1 amide bonds. The van der Waals surface area contributed by atoms with Gasteiger partial charge in [0.25, 0.3) is 10.0 Å². The lowest BCUT2D eigenvalue weighted by Crippen LogP contribution is -2.15. The number of para-hydroxylation sites is 1. The van der Waals surface area contributed by atoms with Crippen molar-refractivity contribution < 1.29 is 17.7 Å². The second-order valence-corrected chi connectivity index (χ2v) is 9.92. The van der Waals surface area contributed by atoms with Gasteiger partial charge < -0.3 is 9.84 Å². The fourth-order valence-electron chi connectivity index (χ4n) is 3.52. The summed E-state index contributed by atoms with van der Waals surface area (Å²) in [6.07, 6.45) is 6.05.